The summed E-state index contributed by atoms with van der Waals surface area (Å²) in [5.74, 6) is 0.808. The van der Waals surface area contributed by atoms with Crippen LogP contribution in [0.15, 0.2) is 28.7 Å². The lowest BCUT2D eigenvalue weighted by molar-refractivity contribution is 0.0561. The Hall–Kier alpha value is -2.36. The Balaban J connectivity index is 1.92. The Morgan fingerprint density at radius 3 is 2.46 bits per heavy atom. The van der Waals surface area contributed by atoms with Crippen molar-refractivity contribution in [2.75, 3.05) is 7.11 Å². The highest BCUT2D eigenvalue weighted by Gasteiger charge is 2.34. The summed E-state index contributed by atoms with van der Waals surface area (Å²) >= 11 is 0. The Bertz CT molecular complexity index is 781. The van der Waals surface area contributed by atoms with Gasteiger partial charge in [-0.2, -0.15) is 0 Å². The summed E-state index contributed by atoms with van der Waals surface area (Å²) in [5.41, 5.74) is 3.57. The number of carbonyl (C=O) groups is 2. The Kier molecular flexibility index (Phi) is 4.31. The van der Waals surface area contributed by atoms with E-state index in [1.54, 1.807) is 6.92 Å². The van der Waals surface area contributed by atoms with Crippen LogP contribution in [0.1, 0.15) is 75.5 Å². The molecule has 0 saturated carbocycles. The Labute approximate surface area is 141 Å². The molecule has 4 nitrogen and oxygen atoms in total. The molecule has 1 aliphatic carbocycles. The normalized spacial score (nSPS) is 17.0. The number of methoxy groups -OCH3 is 1. The molecule has 1 atom stereocenters. The monoisotopic (exact) mass is 326 g/mol. The van der Waals surface area contributed by atoms with E-state index in [2.05, 4.69) is 38.1 Å². The predicted molar refractivity (Wildman–Crippen MR) is 90.7 cm³/mol. The van der Waals surface area contributed by atoms with Crippen LogP contribution in [0.25, 0.3) is 0 Å². The fourth-order valence-electron chi connectivity index (χ4n) is 3.38. The molecule has 1 aromatic carbocycles. The highest BCUT2D eigenvalue weighted by Crippen LogP contribution is 2.37. The standard InChI is InChI=1S/C20H22O4/c1-11(2)13-5-7-14(8-6-13)15-9-16(21)18-12(3)19(20(22)23-4)24-17(18)10-15/h5-8,11,15H,9-10H2,1-4H3. The maximum atomic E-state index is 12.6. The van der Waals surface area contributed by atoms with Crippen LogP contribution in [-0.4, -0.2) is 18.9 Å². The van der Waals surface area contributed by atoms with E-state index in [0.717, 1.165) is 5.56 Å². The highest BCUT2D eigenvalue weighted by molar-refractivity contribution is 6.03. The first-order valence-corrected chi connectivity index (χ1v) is 8.26. The minimum atomic E-state index is -0.535. The number of ether oxygens (including phenoxy) is 1. The minimum Gasteiger partial charge on any atom is -0.463 e. The number of furan rings is 1. The lowest BCUT2D eigenvalue weighted by Crippen LogP contribution is -2.18. The van der Waals surface area contributed by atoms with E-state index in [-0.39, 0.29) is 17.5 Å². The molecule has 0 fully saturated rings. The summed E-state index contributed by atoms with van der Waals surface area (Å²) in [6, 6.07) is 8.42. The van der Waals surface area contributed by atoms with E-state index in [0.29, 0.717) is 35.6 Å². The van der Waals surface area contributed by atoms with Gasteiger partial charge in [-0.05, 0) is 29.9 Å². The molecule has 1 aromatic heterocycles. The molecule has 2 aromatic rings. The molecule has 1 aliphatic rings. The quantitative estimate of drug-likeness (QED) is 0.784. The summed E-state index contributed by atoms with van der Waals surface area (Å²) in [6.07, 6.45) is 1.06. The van der Waals surface area contributed by atoms with E-state index in [4.69, 9.17) is 9.15 Å². The topological polar surface area (TPSA) is 56.5 Å². The van der Waals surface area contributed by atoms with Crippen LogP contribution in [0.3, 0.4) is 0 Å². The van der Waals surface area contributed by atoms with E-state index in [1.165, 1.54) is 12.7 Å². The molecule has 0 aliphatic heterocycles. The average Bonchev–Trinajstić information content (AvgIpc) is 2.91. The predicted octanol–water partition coefficient (Wildman–Crippen LogP) is 4.41. The molecule has 1 heterocycles. The van der Waals surface area contributed by atoms with Crippen LogP contribution in [0.2, 0.25) is 0 Å². The molecular weight excluding hydrogens is 304 g/mol. The maximum absolute atomic E-state index is 12.6. The van der Waals surface area contributed by atoms with Gasteiger partial charge in [-0.15, -0.1) is 0 Å². The smallest absolute Gasteiger partial charge is 0.374 e. The molecule has 0 spiro atoms. The van der Waals surface area contributed by atoms with Gasteiger partial charge in [-0.25, -0.2) is 4.79 Å². The van der Waals surface area contributed by atoms with Gasteiger partial charge in [0.2, 0.25) is 5.76 Å². The molecule has 3 rings (SSSR count). The van der Waals surface area contributed by atoms with Gasteiger partial charge in [0.05, 0.1) is 12.7 Å². The third-order valence-electron chi connectivity index (χ3n) is 4.81. The Morgan fingerprint density at radius 2 is 1.88 bits per heavy atom. The second-order valence-corrected chi connectivity index (χ2v) is 6.70. The van der Waals surface area contributed by atoms with Crippen LogP contribution in [0.5, 0.6) is 0 Å². The number of carbonyl (C=O) groups excluding carboxylic acids is 2. The van der Waals surface area contributed by atoms with Gasteiger partial charge in [0.1, 0.15) is 5.76 Å². The molecular formula is C20H22O4. The summed E-state index contributed by atoms with van der Waals surface area (Å²) in [4.78, 5) is 24.4. The molecule has 4 heteroatoms. The van der Waals surface area contributed by atoms with Crippen molar-refractivity contribution >= 4 is 11.8 Å². The zero-order chi connectivity index (χ0) is 17.4. The fraction of sp³-hybridized carbons (Fsp3) is 0.400. The van der Waals surface area contributed by atoms with Crippen LogP contribution in [0.4, 0.5) is 0 Å². The van der Waals surface area contributed by atoms with Crippen molar-refractivity contribution in [3.8, 4) is 0 Å². The van der Waals surface area contributed by atoms with Gasteiger partial charge < -0.3 is 9.15 Å². The minimum absolute atomic E-state index is 0.0330. The maximum Gasteiger partial charge on any atom is 0.374 e. The van der Waals surface area contributed by atoms with Gasteiger partial charge in [0.15, 0.2) is 5.78 Å². The van der Waals surface area contributed by atoms with Crippen molar-refractivity contribution in [1.29, 1.82) is 0 Å². The number of fused-ring (bicyclic) bond motifs is 1. The SMILES string of the molecule is COC(=O)c1oc2c(c1C)C(=O)CC(c1ccc(C(C)C)cc1)C2. The van der Waals surface area contributed by atoms with Crippen LogP contribution < -0.4 is 0 Å². The number of ketones is 1. The first-order chi connectivity index (χ1) is 11.4. The third kappa shape index (κ3) is 2.77. The summed E-state index contributed by atoms with van der Waals surface area (Å²) in [7, 11) is 1.31. The number of Topliss-reactive ketones (excluding diaryl/α,β-unsaturated/α-hetero) is 1. The number of hydrogen-bond acceptors (Lipinski definition) is 4. The zero-order valence-electron chi connectivity index (χ0n) is 14.5. The number of benzene rings is 1. The fourth-order valence-corrected chi connectivity index (χ4v) is 3.38. The number of rotatable bonds is 3. The van der Waals surface area contributed by atoms with Crippen molar-refractivity contribution < 1.29 is 18.7 Å². The first kappa shape index (κ1) is 16.5. The van der Waals surface area contributed by atoms with Crippen LogP contribution >= 0.6 is 0 Å². The van der Waals surface area contributed by atoms with E-state index >= 15 is 0 Å². The molecule has 0 bridgehead atoms. The van der Waals surface area contributed by atoms with Gasteiger partial charge in [0, 0.05) is 18.4 Å². The average molecular weight is 326 g/mol. The van der Waals surface area contributed by atoms with Crippen molar-refractivity contribution in [1.82, 2.24) is 0 Å². The molecule has 24 heavy (non-hydrogen) atoms. The van der Waals surface area contributed by atoms with E-state index in [9.17, 15) is 9.59 Å². The zero-order valence-corrected chi connectivity index (χ0v) is 14.5. The van der Waals surface area contributed by atoms with Crippen molar-refractivity contribution in [3.05, 3.63) is 58.0 Å². The first-order valence-electron chi connectivity index (χ1n) is 8.26. The third-order valence-corrected chi connectivity index (χ3v) is 4.81. The highest BCUT2D eigenvalue weighted by atomic mass is 16.5. The number of esters is 1. The van der Waals surface area contributed by atoms with E-state index in [1.807, 2.05) is 0 Å². The van der Waals surface area contributed by atoms with E-state index < -0.39 is 5.97 Å². The summed E-state index contributed by atoms with van der Waals surface area (Å²) < 4.78 is 10.4. The van der Waals surface area contributed by atoms with Crippen LogP contribution in [0, 0.1) is 6.92 Å². The molecule has 0 saturated heterocycles. The second-order valence-electron chi connectivity index (χ2n) is 6.70. The van der Waals surface area contributed by atoms with Crippen molar-refractivity contribution in [3.63, 3.8) is 0 Å². The summed E-state index contributed by atoms with van der Waals surface area (Å²) in [5, 5.41) is 0. The lowest BCUT2D eigenvalue weighted by atomic mass is 9.81. The molecule has 0 N–H and O–H groups in total. The largest absolute Gasteiger partial charge is 0.463 e. The Morgan fingerprint density at radius 1 is 1.21 bits per heavy atom. The molecule has 0 radical (unpaired) electrons. The molecule has 126 valence electrons. The van der Waals surface area contributed by atoms with Gasteiger partial charge in [0.25, 0.3) is 0 Å². The van der Waals surface area contributed by atoms with Crippen molar-refractivity contribution in [2.45, 2.75) is 45.4 Å². The van der Waals surface area contributed by atoms with Gasteiger partial charge in [-0.3, -0.25) is 4.79 Å². The molecule has 1 unspecified atom stereocenters. The molecule has 0 amide bonds. The lowest BCUT2D eigenvalue weighted by Gasteiger charge is -2.21. The van der Waals surface area contributed by atoms with Gasteiger partial charge >= 0.3 is 5.97 Å². The second kappa shape index (κ2) is 6.27. The van der Waals surface area contributed by atoms with Gasteiger partial charge in [-0.1, -0.05) is 38.1 Å². The number of hydrogen-bond donors (Lipinski definition) is 0. The van der Waals surface area contributed by atoms with Crippen LogP contribution in [-0.2, 0) is 11.2 Å². The summed E-state index contributed by atoms with van der Waals surface area (Å²) in [6.45, 7) is 6.06. The van der Waals surface area contributed by atoms with Crippen molar-refractivity contribution in [2.24, 2.45) is 0 Å².